The van der Waals surface area contributed by atoms with E-state index in [2.05, 4.69) is 0 Å². The Kier molecular flexibility index (Phi) is 4.06. The second-order valence-electron chi connectivity index (χ2n) is 5.13. The van der Waals surface area contributed by atoms with Crippen LogP contribution in [0.1, 0.15) is 22.0 Å². The van der Waals surface area contributed by atoms with Gasteiger partial charge >= 0.3 is 5.97 Å². The van der Waals surface area contributed by atoms with Crippen molar-refractivity contribution in [3.05, 3.63) is 83.9 Å². The first-order valence-electron chi connectivity index (χ1n) is 7.20. The van der Waals surface area contributed by atoms with Gasteiger partial charge in [-0.1, -0.05) is 66.7 Å². The zero-order valence-electron chi connectivity index (χ0n) is 12.3. The second-order valence-corrected chi connectivity index (χ2v) is 5.13. The normalized spacial score (nSPS) is 11.8. The van der Waals surface area contributed by atoms with Crippen LogP contribution in [-0.4, -0.2) is 11.9 Å². The summed E-state index contributed by atoms with van der Waals surface area (Å²) in [5.41, 5.74) is 6.35. The number of rotatable bonds is 4. The third kappa shape index (κ3) is 3.06. The lowest BCUT2D eigenvalue weighted by Gasteiger charge is -2.15. The monoisotopic (exact) mass is 305 g/mol. The van der Waals surface area contributed by atoms with Crippen molar-refractivity contribution in [3.63, 3.8) is 0 Å². The second kappa shape index (κ2) is 6.32. The smallest absolute Gasteiger partial charge is 0.339 e. The molecule has 0 aliphatic rings. The van der Waals surface area contributed by atoms with Gasteiger partial charge in [-0.3, -0.25) is 4.79 Å². The minimum absolute atomic E-state index is 0.408. The van der Waals surface area contributed by atoms with E-state index in [1.807, 2.05) is 36.4 Å². The third-order valence-electron chi connectivity index (χ3n) is 3.60. The lowest BCUT2D eigenvalue weighted by molar-refractivity contribution is -0.127. The van der Waals surface area contributed by atoms with Gasteiger partial charge in [-0.15, -0.1) is 0 Å². The van der Waals surface area contributed by atoms with Gasteiger partial charge in [-0.25, -0.2) is 4.79 Å². The topological polar surface area (TPSA) is 69.4 Å². The molecule has 0 heterocycles. The maximum absolute atomic E-state index is 12.5. The molecule has 0 aromatic heterocycles. The predicted molar refractivity (Wildman–Crippen MR) is 87.7 cm³/mol. The zero-order valence-corrected chi connectivity index (χ0v) is 12.3. The van der Waals surface area contributed by atoms with Crippen LogP contribution in [0, 0.1) is 0 Å². The summed E-state index contributed by atoms with van der Waals surface area (Å²) >= 11 is 0. The van der Waals surface area contributed by atoms with Crippen molar-refractivity contribution in [2.45, 2.75) is 6.10 Å². The number of carbonyl (C=O) groups is 2. The fraction of sp³-hybridized carbons (Fsp3) is 0.0526. The van der Waals surface area contributed by atoms with E-state index in [0.717, 1.165) is 10.8 Å². The fourth-order valence-corrected chi connectivity index (χ4v) is 2.49. The van der Waals surface area contributed by atoms with Gasteiger partial charge in [0.1, 0.15) is 0 Å². The number of hydrogen-bond acceptors (Lipinski definition) is 3. The average Bonchev–Trinajstić information content (AvgIpc) is 2.59. The molecular formula is C19H15NO3. The number of nitrogens with two attached hydrogens (primary N) is 1. The Morgan fingerprint density at radius 1 is 0.826 bits per heavy atom. The molecule has 2 N–H and O–H groups in total. The van der Waals surface area contributed by atoms with E-state index in [4.69, 9.17) is 10.5 Å². The standard InChI is InChI=1S/C19H15NO3/c20-18(21)17(14-8-2-1-3-9-14)23-19(22)16-12-6-10-13-7-4-5-11-15(13)16/h1-12,17H,(H2,20,21)/t17-/m1/s1. The van der Waals surface area contributed by atoms with Gasteiger partial charge in [0.25, 0.3) is 5.91 Å². The van der Waals surface area contributed by atoms with E-state index >= 15 is 0 Å². The number of fused-ring (bicyclic) bond motifs is 1. The summed E-state index contributed by atoms with van der Waals surface area (Å²) in [5, 5.41) is 1.70. The highest BCUT2D eigenvalue weighted by molar-refractivity contribution is 6.05. The van der Waals surface area contributed by atoms with Crippen molar-refractivity contribution < 1.29 is 14.3 Å². The summed E-state index contributed by atoms with van der Waals surface area (Å²) in [7, 11) is 0. The van der Waals surface area contributed by atoms with Crippen LogP contribution in [0.4, 0.5) is 0 Å². The van der Waals surface area contributed by atoms with Crippen molar-refractivity contribution in [2.24, 2.45) is 5.73 Å². The van der Waals surface area contributed by atoms with Crippen molar-refractivity contribution >= 4 is 22.6 Å². The van der Waals surface area contributed by atoms with Crippen LogP contribution in [-0.2, 0) is 9.53 Å². The molecule has 4 heteroatoms. The summed E-state index contributed by atoms with van der Waals surface area (Å²) in [5.74, 6) is -1.28. The minimum atomic E-state index is -1.11. The van der Waals surface area contributed by atoms with Crippen molar-refractivity contribution in [3.8, 4) is 0 Å². The van der Waals surface area contributed by atoms with Gasteiger partial charge < -0.3 is 10.5 Å². The molecule has 4 nitrogen and oxygen atoms in total. The molecule has 23 heavy (non-hydrogen) atoms. The number of hydrogen-bond donors (Lipinski definition) is 1. The molecule has 0 bridgehead atoms. The number of amides is 1. The zero-order chi connectivity index (χ0) is 16.2. The molecule has 3 aromatic rings. The maximum Gasteiger partial charge on any atom is 0.339 e. The third-order valence-corrected chi connectivity index (χ3v) is 3.60. The van der Waals surface area contributed by atoms with E-state index in [-0.39, 0.29) is 0 Å². The molecule has 0 radical (unpaired) electrons. The quantitative estimate of drug-likeness (QED) is 0.752. The van der Waals surface area contributed by atoms with Crippen LogP contribution in [0.3, 0.4) is 0 Å². The number of carbonyl (C=O) groups excluding carboxylic acids is 2. The highest BCUT2D eigenvalue weighted by Gasteiger charge is 2.23. The van der Waals surface area contributed by atoms with Crippen molar-refractivity contribution in [1.29, 1.82) is 0 Å². The Balaban J connectivity index is 1.94. The van der Waals surface area contributed by atoms with Gasteiger partial charge in [0, 0.05) is 5.56 Å². The summed E-state index contributed by atoms with van der Waals surface area (Å²) in [6, 6.07) is 21.6. The SMILES string of the molecule is NC(=O)[C@H](OC(=O)c1cccc2ccccc12)c1ccccc1. The molecule has 0 spiro atoms. The molecule has 0 saturated heterocycles. The van der Waals surface area contributed by atoms with E-state index in [1.165, 1.54) is 0 Å². The molecule has 0 saturated carbocycles. The molecule has 3 rings (SSSR count). The number of benzene rings is 3. The first kappa shape index (κ1) is 14.8. The van der Waals surface area contributed by atoms with Crippen LogP contribution in [0.25, 0.3) is 10.8 Å². The fourth-order valence-electron chi connectivity index (χ4n) is 2.49. The van der Waals surface area contributed by atoms with E-state index in [1.54, 1.807) is 36.4 Å². The molecule has 0 aliphatic heterocycles. The summed E-state index contributed by atoms with van der Waals surface area (Å²) in [6.07, 6.45) is -1.11. The summed E-state index contributed by atoms with van der Waals surface area (Å²) < 4.78 is 5.38. The lowest BCUT2D eigenvalue weighted by atomic mass is 10.0. The Bertz CT molecular complexity index is 853. The molecule has 0 fully saturated rings. The molecule has 3 aromatic carbocycles. The number of esters is 1. The molecular weight excluding hydrogens is 290 g/mol. The minimum Gasteiger partial charge on any atom is -0.444 e. The van der Waals surface area contributed by atoms with Crippen LogP contribution in [0.2, 0.25) is 0 Å². The summed E-state index contributed by atoms with van der Waals surface area (Å²) in [6.45, 7) is 0. The Morgan fingerprint density at radius 3 is 2.22 bits per heavy atom. The van der Waals surface area contributed by atoms with Crippen molar-refractivity contribution in [1.82, 2.24) is 0 Å². The first-order chi connectivity index (χ1) is 11.2. The van der Waals surface area contributed by atoms with Gasteiger partial charge in [-0.05, 0) is 16.8 Å². The summed E-state index contributed by atoms with van der Waals surface area (Å²) in [4.78, 5) is 24.2. The Labute approximate surface area is 133 Å². The molecule has 114 valence electrons. The van der Waals surface area contributed by atoms with Gasteiger partial charge in [-0.2, -0.15) is 0 Å². The van der Waals surface area contributed by atoms with Crippen molar-refractivity contribution in [2.75, 3.05) is 0 Å². The van der Waals surface area contributed by atoms with Crippen LogP contribution in [0.5, 0.6) is 0 Å². The van der Waals surface area contributed by atoms with E-state index in [0.29, 0.717) is 11.1 Å². The number of primary amides is 1. The Hall–Kier alpha value is -3.14. The average molecular weight is 305 g/mol. The van der Waals surface area contributed by atoms with Crippen LogP contribution >= 0.6 is 0 Å². The Morgan fingerprint density at radius 2 is 1.48 bits per heavy atom. The van der Waals surface area contributed by atoms with E-state index in [9.17, 15) is 9.59 Å². The molecule has 1 atom stereocenters. The predicted octanol–water partition coefficient (Wildman–Crippen LogP) is 3.22. The molecule has 0 unspecified atom stereocenters. The lowest BCUT2D eigenvalue weighted by Crippen LogP contribution is -2.26. The van der Waals surface area contributed by atoms with E-state index < -0.39 is 18.0 Å². The van der Waals surface area contributed by atoms with Crippen LogP contribution in [0.15, 0.2) is 72.8 Å². The highest BCUT2D eigenvalue weighted by atomic mass is 16.5. The molecule has 0 aliphatic carbocycles. The first-order valence-corrected chi connectivity index (χ1v) is 7.20. The number of ether oxygens (including phenoxy) is 1. The maximum atomic E-state index is 12.5. The highest BCUT2D eigenvalue weighted by Crippen LogP contribution is 2.23. The van der Waals surface area contributed by atoms with Gasteiger partial charge in [0.05, 0.1) is 5.56 Å². The van der Waals surface area contributed by atoms with Gasteiger partial charge in [0.15, 0.2) is 0 Å². The van der Waals surface area contributed by atoms with Crippen LogP contribution < -0.4 is 5.73 Å². The van der Waals surface area contributed by atoms with Gasteiger partial charge in [0.2, 0.25) is 6.10 Å². The largest absolute Gasteiger partial charge is 0.444 e. The molecule has 1 amide bonds.